The normalized spacial score (nSPS) is 15.2. The Bertz CT molecular complexity index is 559. The molecule has 0 atom stereocenters. The Morgan fingerprint density at radius 3 is 2.17 bits per heavy atom. The summed E-state index contributed by atoms with van der Waals surface area (Å²) in [6.45, 7) is 0. The zero-order chi connectivity index (χ0) is 14.3. The average molecular weight is 306 g/mol. The minimum absolute atomic E-state index is 0.0496. The first kappa shape index (κ1) is 14.6. The largest absolute Gasteiger partial charge is 0.353 e. The van der Waals surface area contributed by atoms with Gasteiger partial charge in [0, 0.05) is 5.69 Å². The van der Waals surface area contributed by atoms with Gasteiger partial charge >= 0.3 is 10.2 Å². The lowest BCUT2D eigenvalue weighted by Crippen LogP contribution is -2.11. The SMILES string of the molecule is N#Cc1c(F)cc(NC=S)cc1S(F)(F)(F)(F)F. The molecule has 0 saturated heterocycles. The van der Waals surface area contributed by atoms with Gasteiger partial charge in [0.05, 0.1) is 5.49 Å². The molecule has 100 valence electrons. The summed E-state index contributed by atoms with van der Waals surface area (Å²) in [5.74, 6) is -1.71. The molecule has 0 aliphatic heterocycles. The smallest absolute Gasteiger partial charge is 0.311 e. The van der Waals surface area contributed by atoms with Crippen molar-refractivity contribution in [3.8, 4) is 6.07 Å². The van der Waals surface area contributed by atoms with E-state index < -0.39 is 32.2 Å². The molecule has 0 saturated carbocycles. The molecule has 0 fully saturated rings. The second-order valence-corrected chi connectivity index (χ2v) is 5.79. The minimum atomic E-state index is -10.2. The fourth-order valence-electron chi connectivity index (χ4n) is 1.15. The topological polar surface area (TPSA) is 35.8 Å². The molecule has 0 unspecified atom stereocenters. The summed E-state index contributed by atoms with van der Waals surface area (Å²) in [4.78, 5) is -2.57. The molecule has 0 aliphatic carbocycles. The molecule has 0 radical (unpaired) electrons. The van der Waals surface area contributed by atoms with E-state index in [1.165, 1.54) is 0 Å². The molecule has 18 heavy (non-hydrogen) atoms. The highest BCUT2D eigenvalue weighted by atomic mass is 32.5. The highest BCUT2D eigenvalue weighted by Crippen LogP contribution is 3.02. The summed E-state index contributed by atoms with van der Waals surface area (Å²) in [7, 11) is -10.2. The van der Waals surface area contributed by atoms with Crippen LogP contribution in [0.3, 0.4) is 0 Å². The molecule has 0 spiro atoms. The highest BCUT2D eigenvalue weighted by molar-refractivity contribution is 8.45. The van der Waals surface area contributed by atoms with Gasteiger partial charge in [0.25, 0.3) is 0 Å². The number of nitriles is 1. The number of hydrogen-bond acceptors (Lipinski definition) is 2. The fraction of sp³-hybridized carbons (Fsp3) is 0. The molecule has 1 N–H and O–H groups in total. The molecule has 2 nitrogen and oxygen atoms in total. The van der Waals surface area contributed by atoms with Gasteiger partial charge in [0.1, 0.15) is 22.3 Å². The van der Waals surface area contributed by atoms with Crippen molar-refractivity contribution in [3.63, 3.8) is 0 Å². The first-order valence-corrected chi connectivity index (χ1v) is 6.49. The Hall–Kier alpha value is -1.47. The van der Waals surface area contributed by atoms with Crippen molar-refractivity contribution in [1.82, 2.24) is 0 Å². The van der Waals surface area contributed by atoms with Crippen molar-refractivity contribution < 1.29 is 23.8 Å². The Labute approximate surface area is 103 Å². The monoisotopic (exact) mass is 306 g/mol. The lowest BCUT2D eigenvalue weighted by molar-refractivity contribution is 0.362. The van der Waals surface area contributed by atoms with Crippen LogP contribution in [0.25, 0.3) is 0 Å². The summed E-state index contributed by atoms with van der Waals surface area (Å²) >= 11 is 4.25. The van der Waals surface area contributed by atoms with Crippen LogP contribution in [0.2, 0.25) is 0 Å². The number of nitrogens with zero attached hydrogens (tertiary/aromatic N) is 1. The van der Waals surface area contributed by atoms with Crippen molar-refractivity contribution in [2.24, 2.45) is 0 Å². The Kier molecular flexibility index (Phi) is 2.85. The molecule has 10 heteroatoms. The van der Waals surface area contributed by atoms with Crippen molar-refractivity contribution in [2.45, 2.75) is 4.90 Å². The van der Waals surface area contributed by atoms with Gasteiger partial charge in [-0.15, -0.1) is 0 Å². The molecule has 0 aliphatic rings. The van der Waals surface area contributed by atoms with Crippen LogP contribution >= 0.6 is 22.4 Å². The second-order valence-electron chi connectivity index (χ2n) is 3.17. The van der Waals surface area contributed by atoms with Gasteiger partial charge in [-0.25, -0.2) is 4.39 Å². The number of benzene rings is 1. The second kappa shape index (κ2) is 3.52. The maximum atomic E-state index is 13.2. The third kappa shape index (κ3) is 3.05. The molecule has 1 rings (SSSR count). The number of halogens is 6. The van der Waals surface area contributed by atoms with Gasteiger partial charge in [-0.1, -0.05) is 31.6 Å². The number of thiocarbonyl (C=S) groups is 1. The van der Waals surface area contributed by atoms with Crippen LogP contribution in [0.1, 0.15) is 5.56 Å². The van der Waals surface area contributed by atoms with Gasteiger partial charge in [0.2, 0.25) is 0 Å². The summed E-state index contributed by atoms with van der Waals surface area (Å²) in [6, 6.07) is 1.20. The van der Waals surface area contributed by atoms with Crippen LogP contribution in [0, 0.1) is 17.1 Å². The molecule has 0 amide bonds. The fourth-order valence-corrected chi connectivity index (χ4v) is 2.16. The van der Waals surface area contributed by atoms with Crippen LogP contribution in [-0.2, 0) is 0 Å². The van der Waals surface area contributed by atoms with Crippen molar-refractivity contribution in [3.05, 3.63) is 23.5 Å². The summed E-state index contributed by atoms with van der Waals surface area (Å²) in [6.07, 6.45) is 0. The standard InChI is InChI=1S/C8H4F6N2S2/c9-7-1-5(16-4-17)2-8(6(7)3-15)18(10,11,12,13)14/h1-2,4H,(H,16,17). The van der Waals surface area contributed by atoms with Crippen LogP contribution in [-0.4, -0.2) is 5.49 Å². The zero-order valence-corrected chi connectivity index (χ0v) is 9.90. The summed E-state index contributed by atoms with van der Waals surface area (Å²) in [5, 5.41) is 10.3. The van der Waals surface area contributed by atoms with Crippen LogP contribution in [0.5, 0.6) is 0 Å². The number of hydrogen-bond donors (Lipinski definition) is 1. The van der Waals surface area contributed by atoms with Crippen molar-refractivity contribution in [1.29, 1.82) is 5.26 Å². The number of rotatable bonds is 3. The third-order valence-corrected chi connectivity index (χ3v) is 3.08. The van der Waals surface area contributed by atoms with E-state index in [0.717, 1.165) is 11.6 Å². The zero-order valence-electron chi connectivity index (χ0n) is 8.26. The molecular weight excluding hydrogens is 302 g/mol. The van der Waals surface area contributed by atoms with Crippen LogP contribution in [0.15, 0.2) is 17.0 Å². The summed E-state index contributed by atoms with van der Waals surface area (Å²) < 4.78 is 76.2. The highest BCUT2D eigenvalue weighted by Gasteiger charge is 2.67. The predicted molar refractivity (Wildman–Crippen MR) is 59.8 cm³/mol. The Morgan fingerprint density at radius 2 is 1.78 bits per heavy atom. The molecule has 0 heterocycles. The number of anilines is 1. The van der Waals surface area contributed by atoms with E-state index in [2.05, 4.69) is 12.2 Å². The van der Waals surface area contributed by atoms with E-state index >= 15 is 0 Å². The van der Waals surface area contributed by atoms with Crippen molar-refractivity contribution >= 4 is 33.6 Å². The maximum Gasteiger partial charge on any atom is 0.311 e. The van der Waals surface area contributed by atoms with E-state index in [4.69, 9.17) is 5.26 Å². The number of nitrogens with one attached hydrogen (secondary N) is 1. The predicted octanol–water partition coefficient (Wildman–Crippen LogP) is 4.72. The molecule has 1 aromatic rings. The Morgan fingerprint density at radius 1 is 1.22 bits per heavy atom. The van der Waals surface area contributed by atoms with Crippen LogP contribution < -0.4 is 5.32 Å². The van der Waals surface area contributed by atoms with E-state index in [1.54, 1.807) is 0 Å². The third-order valence-electron chi connectivity index (χ3n) is 1.81. The van der Waals surface area contributed by atoms with Gasteiger partial charge in [0.15, 0.2) is 0 Å². The molecule has 1 aromatic carbocycles. The van der Waals surface area contributed by atoms with Crippen LogP contribution in [0.4, 0.5) is 29.5 Å². The lowest BCUT2D eigenvalue weighted by Gasteiger charge is -2.41. The molecule has 0 aromatic heterocycles. The molecular formula is C8H4F6N2S2. The maximum absolute atomic E-state index is 13.2. The Balaban J connectivity index is 3.73. The first-order valence-electron chi connectivity index (χ1n) is 4.07. The van der Waals surface area contributed by atoms with E-state index in [9.17, 15) is 23.8 Å². The average Bonchev–Trinajstić information content (AvgIpc) is 2.14. The van der Waals surface area contributed by atoms with Gasteiger partial charge in [-0.05, 0) is 12.1 Å². The van der Waals surface area contributed by atoms with Crippen molar-refractivity contribution in [2.75, 3.05) is 5.32 Å². The van der Waals surface area contributed by atoms with Gasteiger partial charge in [-0.3, -0.25) is 0 Å². The van der Waals surface area contributed by atoms with E-state index in [0.29, 0.717) is 6.07 Å². The lowest BCUT2D eigenvalue weighted by atomic mass is 10.2. The van der Waals surface area contributed by atoms with Gasteiger partial charge < -0.3 is 5.32 Å². The molecule has 0 bridgehead atoms. The quantitative estimate of drug-likeness (QED) is 0.648. The first-order chi connectivity index (χ1) is 7.88. The van der Waals surface area contributed by atoms with Gasteiger partial charge in [-0.2, -0.15) is 5.26 Å². The van der Waals surface area contributed by atoms with E-state index in [1.807, 2.05) is 5.32 Å². The summed E-state index contributed by atoms with van der Waals surface area (Å²) in [5.41, 5.74) is -1.65. The van der Waals surface area contributed by atoms with E-state index in [-0.39, 0.29) is 6.07 Å². The minimum Gasteiger partial charge on any atom is -0.353 e.